The summed E-state index contributed by atoms with van der Waals surface area (Å²) >= 11 is 0. The van der Waals surface area contributed by atoms with Crippen molar-refractivity contribution in [1.29, 1.82) is 5.41 Å². The summed E-state index contributed by atoms with van der Waals surface area (Å²) in [6, 6.07) is 10.0. The third kappa shape index (κ3) is 3.72. The second kappa shape index (κ2) is 8.44. The van der Waals surface area contributed by atoms with Gasteiger partial charge in [0, 0.05) is 57.0 Å². The van der Waals surface area contributed by atoms with E-state index in [1.54, 1.807) is 7.05 Å². The summed E-state index contributed by atoms with van der Waals surface area (Å²) in [6.45, 7) is 3.33. The fourth-order valence-corrected chi connectivity index (χ4v) is 4.38. The molecular formula is C24H25N7O. The lowest BCUT2D eigenvalue weighted by Gasteiger charge is -2.21. The Labute approximate surface area is 187 Å². The number of ether oxygens (including phenoxy) is 1. The van der Waals surface area contributed by atoms with Crippen molar-refractivity contribution in [2.24, 2.45) is 18.9 Å². The topological polar surface area (TPSA) is 92.0 Å². The Morgan fingerprint density at radius 2 is 1.84 bits per heavy atom. The molecule has 0 spiro atoms. The molecule has 2 aliphatic rings. The number of rotatable bonds is 4. The maximum Gasteiger partial charge on any atom is 0.209 e. The van der Waals surface area contributed by atoms with Crippen LogP contribution < -0.4 is 10.2 Å². The van der Waals surface area contributed by atoms with Crippen molar-refractivity contribution in [3.05, 3.63) is 53.7 Å². The summed E-state index contributed by atoms with van der Waals surface area (Å²) in [4.78, 5) is 16.2. The van der Waals surface area contributed by atoms with Crippen LogP contribution in [0.4, 0.5) is 11.6 Å². The molecule has 3 aromatic rings. The van der Waals surface area contributed by atoms with Crippen LogP contribution in [0.5, 0.6) is 0 Å². The standard InChI is InChI=1S/C24H25N7O/c1-26-23-19(10-25)24(31-11-17-14-32-15-18(17)12-31)29-21(28-23)8-9-22-27-20(13-30(22)2)16-6-4-3-5-7-16/h3-7,10,13,17-18,25H,11-12,14-15H2,1-2H3,(H,26,28,29)/t17-,18+. The Bertz CT molecular complexity index is 1200. The molecule has 0 aliphatic carbocycles. The fourth-order valence-electron chi connectivity index (χ4n) is 4.38. The van der Waals surface area contributed by atoms with Crippen molar-refractivity contribution in [3.63, 3.8) is 0 Å². The maximum absolute atomic E-state index is 7.93. The Kier molecular flexibility index (Phi) is 5.33. The van der Waals surface area contributed by atoms with E-state index in [2.05, 4.69) is 32.0 Å². The normalized spacial score (nSPS) is 19.4. The first-order chi connectivity index (χ1) is 15.7. The second-order valence-corrected chi connectivity index (χ2v) is 8.17. The van der Waals surface area contributed by atoms with Crippen molar-refractivity contribution in [2.45, 2.75) is 0 Å². The molecule has 2 N–H and O–H groups in total. The number of anilines is 2. The summed E-state index contributed by atoms with van der Waals surface area (Å²) in [5.41, 5.74) is 2.60. The first-order valence-corrected chi connectivity index (χ1v) is 10.7. The van der Waals surface area contributed by atoms with Gasteiger partial charge < -0.3 is 24.9 Å². The lowest BCUT2D eigenvalue weighted by molar-refractivity contribution is 0.177. The molecule has 5 rings (SSSR count). The first-order valence-electron chi connectivity index (χ1n) is 10.7. The smallest absolute Gasteiger partial charge is 0.209 e. The second-order valence-electron chi connectivity index (χ2n) is 8.17. The lowest BCUT2D eigenvalue weighted by atomic mass is 10.0. The number of fused-ring (bicyclic) bond motifs is 1. The van der Waals surface area contributed by atoms with E-state index in [-0.39, 0.29) is 0 Å². The number of aryl methyl sites for hydroxylation is 1. The summed E-state index contributed by atoms with van der Waals surface area (Å²) in [5, 5.41) is 11.0. The Morgan fingerprint density at radius 1 is 1.09 bits per heavy atom. The van der Waals surface area contributed by atoms with Crippen LogP contribution in [0.15, 0.2) is 36.5 Å². The van der Waals surface area contributed by atoms with E-state index in [1.165, 1.54) is 6.21 Å². The average molecular weight is 428 g/mol. The van der Waals surface area contributed by atoms with Gasteiger partial charge in [-0.25, -0.2) is 15.0 Å². The summed E-state index contributed by atoms with van der Waals surface area (Å²) < 4.78 is 7.51. The highest BCUT2D eigenvalue weighted by Crippen LogP contribution is 2.34. The summed E-state index contributed by atoms with van der Waals surface area (Å²) in [6.07, 6.45) is 3.28. The molecule has 0 radical (unpaired) electrons. The highest BCUT2D eigenvalue weighted by molar-refractivity contribution is 5.91. The van der Waals surface area contributed by atoms with Gasteiger partial charge in [0.15, 0.2) is 5.82 Å². The number of nitrogens with zero attached hydrogens (tertiary/aromatic N) is 5. The molecule has 1 aromatic carbocycles. The van der Waals surface area contributed by atoms with Crippen LogP contribution >= 0.6 is 0 Å². The van der Waals surface area contributed by atoms with Crippen molar-refractivity contribution < 1.29 is 4.74 Å². The van der Waals surface area contributed by atoms with Gasteiger partial charge >= 0.3 is 0 Å². The third-order valence-electron chi connectivity index (χ3n) is 6.08. The van der Waals surface area contributed by atoms with Gasteiger partial charge in [-0.3, -0.25) is 0 Å². The molecule has 8 nitrogen and oxygen atoms in total. The van der Waals surface area contributed by atoms with Gasteiger partial charge in [-0.05, 0) is 11.8 Å². The Balaban J connectivity index is 1.48. The van der Waals surface area contributed by atoms with E-state index in [0.717, 1.165) is 43.4 Å². The van der Waals surface area contributed by atoms with E-state index >= 15 is 0 Å². The number of aromatic nitrogens is 4. The van der Waals surface area contributed by atoms with Crippen LogP contribution in [-0.4, -0.2) is 59.1 Å². The van der Waals surface area contributed by atoms with E-state index in [1.807, 2.05) is 48.1 Å². The Morgan fingerprint density at radius 3 is 2.53 bits per heavy atom. The SMILES string of the molecule is CNc1nc(C#Cc2nc(-c3ccccc3)cn2C)nc(N2C[C@H]3COC[C@H]3C2)c1C=N. The Hall–Kier alpha value is -3.70. The molecule has 2 saturated heterocycles. The number of hydrogen-bond acceptors (Lipinski definition) is 7. The molecule has 2 aliphatic heterocycles. The van der Waals surface area contributed by atoms with E-state index in [9.17, 15) is 0 Å². The van der Waals surface area contributed by atoms with Gasteiger partial charge in [-0.15, -0.1) is 0 Å². The summed E-state index contributed by atoms with van der Waals surface area (Å²) in [7, 11) is 3.73. The quantitative estimate of drug-likeness (QED) is 0.491. The molecular weight excluding hydrogens is 402 g/mol. The van der Waals surface area contributed by atoms with Crippen LogP contribution in [-0.2, 0) is 11.8 Å². The van der Waals surface area contributed by atoms with Gasteiger partial charge in [-0.2, -0.15) is 0 Å². The first kappa shape index (κ1) is 20.2. The van der Waals surface area contributed by atoms with Crippen LogP contribution in [0.1, 0.15) is 17.2 Å². The molecule has 0 saturated carbocycles. The molecule has 0 unspecified atom stereocenters. The molecule has 32 heavy (non-hydrogen) atoms. The van der Waals surface area contributed by atoms with Crippen LogP contribution in [0.2, 0.25) is 0 Å². The fraction of sp³-hybridized carbons (Fsp3) is 0.333. The average Bonchev–Trinajstić information content (AvgIpc) is 3.52. The molecule has 2 fully saturated rings. The molecule has 8 heteroatoms. The van der Waals surface area contributed by atoms with E-state index < -0.39 is 0 Å². The van der Waals surface area contributed by atoms with Gasteiger partial charge in [0.05, 0.1) is 24.5 Å². The van der Waals surface area contributed by atoms with Crippen molar-refractivity contribution in [3.8, 4) is 23.1 Å². The zero-order chi connectivity index (χ0) is 22.1. The predicted octanol–water partition coefficient (Wildman–Crippen LogP) is 2.40. The molecule has 2 atom stereocenters. The molecule has 162 valence electrons. The highest BCUT2D eigenvalue weighted by atomic mass is 16.5. The van der Waals surface area contributed by atoms with Crippen molar-refractivity contribution in [1.82, 2.24) is 19.5 Å². The van der Waals surface area contributed by atoms with Crippen LogP contribution in [0.3, 0.4) is 0 Å². The minimum atomic E-state index is 0.410. The number of benzene rings is 1. The van der Waals surface area contributed by atoms with Gasteiger partial charge in [0.1, 0.15) is 11.6 Å². The molecule has 4 heterocycles. The third-order valence-corrected chi connectivity index (χ3v) is 6.08. The van der Waals surface area contributed by atoms with Crippen LogP contribution in [0.25, 0.3) is 11.3 Å². The van der Waals surface area contributed by atoms with Gasteiger partial charge in [0.2, 0.25) is 5.82 Å². The largest absolute Gasteiger partial charge is 0.381 e. The van der Waals surface area contributed by atoms with Gasteiger partial charge in [0.25, 0.3) is 0 Å². The molecule has 0 amide bonds. The minimum Gasteiger partial charge on any atom is -0.381 e. The minimum absolute atomic E-state index is 0.410. The predicted molar refractivity (Wildman–Crippen MR) is 124 cm³/mol. The lowest BCUT2D eigenvalue weighted by Crippen LogP contribution is -2.25. The monoisotopic (exact) mass is 427 g/mol. The van der Waals surface area contributed by atoms with Crippen LogP contribution in [0, 0.1) is 29.1 Å². The van der Waals surface area contributed by atoms with Gasteiger partial charge in [-0.1, -0.05) is 30.3 Å². The number of imidazole rings is 1. The number of nitrogens with one attached hydrogen (secondary N) is 2. The zero-order valence-electron chi connectivity index (χ0n) is 18.2. The number of hydrogen-bond donors (Lipinski definition) is 2. The van der Waals surface area contributed by atoms with Crippen molar-refractivity contribution in [2.75, 3.05) is 43.6 Å². The zero-order valence-corrected chi connectivity index (χ0v) is 18.2. The molecule has 0 bridgehead atoms. The van der Waals surface area contributed by atoms with Crippen molar-refractivity contribution >= 4 is 17.9 Å². The summed E-state index contributed by atoms with van der Waals surface area (Å²) in [5.74, 6) is 9.64. The van der Waals surface area contributed by atoms with E-state index in [4.69, 9.17) is 15.1 Å². The van der Waals surface area contributed by atoms with E-state index in [0.29, 0.717) is 34.9 Å². The highest BCUT2D eigenvalue weighted by Gasteiger charge is 2.38. The maximum atomic E-state index is 7.93. The molecule has 2 aromatic heterocycles.